The number of anilines is 1. The number of halogens is 2. The molecule has 2 aromatic carbocycles. The molecule has 0 radical (unpaired) electrons. The van der Waals surface area contributed by atoms with Crippen LogP contribution in [0.2, 0.25) is 0 Å². The highest BCUT2D eigenvalue weighted by atomic mass is 32.1. The van der Waals surface area contributed by atoms with Crippen LogP contribution in [0.5, 0.6) is 0 Å². The maximum Gasteiger partial charge on any atom is 0.260 e. The Morgan fingerprint density at radius 2 is 2.05 bits per heavy atom. The van der Waals surface area contributed by atoms with Crippen LogP contribution in [0.1, 0.15) is 22.8 Å². The number of aryl methyl sites for hydroxylation is 1. The summed E-state index contributed by atoms with van der Waals surface area (Å²) >= 11 is 1.32. The lowest BCUT2D eigenvalue weighted by Crippen LogP contribution is -2.13. The largest absolute Gasteiger partial charge is 0.298 e. The number of aromatic nitrogens is 1. The molecule has 1 heterocycles. The summed E-state index contributed by atoms with van der Waals surface area (Å²) in [5, 5.41) is 2.94. The van der Waals surface area contributed by atoms with Crippen molar-refractivity contribution in [3.05, 3.63) is 59.2 Å². The summed E-state index contributed by atoms with van der Waals surface area (Å²) in [5.41, 5.74) is 1.74. The molecule has 22 heavy (non-hydrogen) atoms. The highest BCUT2D eigenvalue weighted by Crippen LogP contribution is 2.27. The van der Waals surface area contributed by atoms with E-state index in [0.29, 0.717) is 11.2 Å². The fraction of sp³-hybridized carbons (Fsp3) is 0.125. The standard InChI is InChI=1S/C16H12F2N2OS/c1-2-9-3-6-13-14(7-9)22-16(19-13)20-15(21)11-5-4-10(17)8-12(11)18/h3-8H,2H2,1H3,(H,19,20,21). The Morgan fingerprint density at radius 1 is 1.23 bits per heavy atom. The lowest BCUT2D eigenvalue weighted by atomic mass is 10.2. The van der Waals surface area contributed by atoms with E-state index in [1.54, 1.807) is 0 Å². The molecule has 0 aliphatic heterocycles. The molecule has 0 unspecified atom stereocenters. The first-order chi connectivity index (χ1) is 10.6. The van der Waals surface area contributed by atoms with Crippen LogP contribution in [-0.2, 0) is 6.42 Å². The molecule has 1 N–H and O–H groups in total. The van der Waals surface area contributed by atoms with E-state index in [1.165, 1.54) is 16.9 Å². The summed E-state index contributed by atoms with van der Waals surface area (Å²) in [4.78, 5) is 16.3. The average molecular weight is 318 g/mol. The molecular formula is C16H12F2N2OS. The van der Waals surface area contributed by atoms with Gasteiger partial charge in [-0.2, -0.15) is 0 Å². The van der Waals surface area contributed by atoms with Gasteiger partial charge in [-0.05, 0) is 36.2 Å². The van der Waals surface area contributed by atoms with E-state index >= 15 is 0 Å². The van der Waals surface area contributed by atoms with Gasteiger partial charge in [-0.25, -0.2) is 13.8 Å². The number of rotatable bonds is 3. The third kappa shape index (κ3) is 2.82. The number of carbonyl (C=O) groups excluding carboxylic acids is 1. The number of carbonyl (C=O) groups is 1. The molecule has 1 aromatic heterocycles. The van der Waals surface area contributed by atoms with Crippen LogP contribution in [0.25, 0.3) is 10.2 Å². The van der Waals surface area contributed by atoms with Crippen LogP contribution < -0.4 is 5.32 Å². The zero-order valence-corrected chi connectivity index (χ0v) is 12.5. The molecule has 3 nitrogen and oxygen atoms in total. The van der Waals surface area contributed by atoms with Gasteiger partial charge in [0, 0.05) is 6.07 Å². The molecule has 3 rings (SSSR count). The maximum atomic E-state index is 13.6. The Balaban J connectivity index is 1.87. The highest BCUT2D eigenvalue weighted by Gasteiger charge is 2.14. The average Bonchev–Trinajstić information content (AvgIpc) is 2.87. The van der Waals surface area contributed by atoms with Gasteiger partial charge >= 0.3 is 0 Å². The predicted octanol–water partition coefficient (Wildman–Crippen LogP) is 4.39. The number of benzene rings is 2. The SMILES string of the molecule is CCc1ccc2nc(NC(=O)c3ccc(F)cc3F)sc2c1. The lowest BCUT2D eigenvalue weighted by molar-refractivity contribution is 0.102. The summed E-state index contributed by atoms with van der Waals surface area (Å²) in [6.07, 6.45) is 0.913. The molecule has 0 saturated heterocycles. The van der Waals surface area contributed by atoms with Crippen LogP contribution in [-0.4, -0.2) is 10.9 Å². The molecule has 0 spiro atoms. The first-order valence-electron chi connectivity index (χ1n) is 6.72. The molecule has 1 amide bonds. The summed E-state index contributed by atoms with van der Waals surface area (Å²) < 4.78 is 27.4. The zero-order valence-electron chi connectivity index (χ0n) is 11.7. The summed E-state index contributed by atoms with van der Waals surface area (Å²) in [6, 6.07) is 8.72. The lowest BCUT2D eigenvalue weighted by Gasteiger charge is -2.02. The number of amides is 1. The van der Waals surface area contributed by atoms with Crippen molar-refractivity contribution >= 4 is 32.6 Å². The predicted molar refractivity (Wildman–Crippen MR) is 83.3 cm³/mol. The van der Waals surface area contributed by atoms with E-state index in [4.69, 9.17) is 0 Å². The first-order valence-corrected chi connectivity index (χ1v) is 7.54. The number of fused-ring (bicyclic) bond motifs is 1. The topological polar surface area (TPSA) is 42.0 Å². The Bertz CT molecular complexity index is 860. The van der Waals surface area contributed by atoms with Gasteiger partial charge in [-0.3, -0.25) is 10.1 Å². The van der Waals surface area contributed by atoms with Crippen molar-refractivity contribution in [2.45, 2.75) is 13.3 Å². The molecule has 6 heteroatoms. The molecule has 0 aliphatic rings. The van der Waals surface area contributed by atoms with E-state index in [2.05, 4.69) is 17.2 Å². The minimum Gasteiger partial charge on any atom is -0.298 e. The second kappa shape index (κ2) is 5.81. The third-order valence-corrected chi connectivity index (χ3v) is 4.19. The van der Waals surface area contributed by atoms with Gasteiger partial charge in [-0.1, -0.05) is 24.3 Å². The van der Waals surface area contributed by atoms with Crippen molar-refractivity contribution in [3.63, 3.8) is 0 Å². The van der Waals surface area contributed by atoms with Gasteiger partial charge in [0.25, 0.3) is 5.91 Å². The van der Waals surface area contributed by atoms with Gasteiger partial charge < -0.3 is 0 Å². The quantitative estimate of drug-likeness (QED) is 0.778. The summed E-state index contributed by atoms with van der Waals surface area (Å²) in [6.45, 7) is 2.06. The molecule has 0 atom stereocenters. The van der Waals surface area contributed by atoms with Gasteiger partial charge in [0.05, 0.1) is 15.8 Å². The van der Waals surface area contributed by atoms with Crippen LogP contribution in [0.4, 0.5) is 13.9 Å². The number of nitrogens with one attached hydrogen (secondary N) is 1. The molecular weight excluding hydrogens is 306 g/mol. The Hall–Kier alpha value is -2.34. The summed E-state index contributed by atoms with van der Waals surface area (Å²) in [7, 11) is 0. The second-order valence-corrected chi connectivity index (χ2v) is 5.78. The first kappa shape index (κ1) is 14.6. The van der Waals surface area contributed by atoms with Gasteiger partial charge in [0.2, 0.25) is 0 Å². The Labute approximate surface area is 129 Å². The van der Waals surface area contributed by atoms with Crippen LogP contribution >= 0.6 is 11.3 Å². The van der Waals surface area contributed by atoms with E-state index in [9.17, 15) is 13.6 Å². The van der Waals surface area contributed by atoms with E-state index in [-0.39, 0.29) is 5.56 Å². The van der Waals surface area contributed by atoms with E-state index in [1.807, 2.05) is 18.2 Å². The fourth-order valence-electron chi connectivity index (χ4n) is 2.08. The number of thiazole rings is 1. The highest BCUT2D eigenvalue weighted by molar-refractivity contribution is 7.22. The van der Waals surface area contributed by atoms with Crippen molar-refractivity contribution in [3.8, 4) is 0 Å². The normalized spacial score (nSPS) is 10.9. The van der Waals surface area contributed by atoms with Gasteiger partial charge in [-0.15, -0.1) is 0 Å². The van der Waals surface area contributed by atoms with Crippen LogP contribution in [0.15, 0.2) is 36.4 Å². The van der Waals surface area contributed by atoms with Crippen LogP contribution in [0, 0.1) is 11.6 Å². The van der Waals surface area contributed by atoms with Crippen molar-refractivity contribution < 1.29 is 13.6 Å². The molecule has 0 bridgehead atoms. The maximum absolute atomic E-state index is 13.6. The molecule has 0 saturated carbocycles. The monoisotopic (exact) mass is 318 g/mol. The second-order valence-electron chi connectivity index (χ2n) is 4.75. The third-order valence-electron chi connectivity index (χ3n) is 3.26. The minimum absolute atomic E-state index is 0.213. The fourth-order valence-corrected chi connectivity index (χ4v) is 3.01. The van der Waals surface area contributed by atoms with Crippen molar-refractivity contribution in [1.29, 1.82) is 0 Å². The van der Waals surface area contributed by atoms with Gasteiger partial charge in [0.15, 0.2) is 5.13 Å². The molecule has 0 fully saturated rings. The molecule has 0 aliphatic carbocycles. The number of hydrogen-bond acceptors (Lipinski definition) is 3. The van der Waals surface area contributed by atoms with Crippen molar-refractivity contribution in [1.82, 2.24) is 4.98 Å². The molecule has 3 aromatic rings. The van der Waals surface area contributed by atoms with Crippen LogP contribution in [0.3, 0.4) is 0 Å². The molecule has 112 valence electrons. The Morgan fingerprint density at radius 3 is 2.77 bits per heavy atom. The minimum atomic E-state index is -0.896. The van der Waals surface area contributed by atoms with E-state index < -0.39 is 17.5 Å². The number of nitrogens with zero attached hydrogens (tertiary/aromatic N) is 1. The smallest absolute Gasteiger partial charge is 0.260 e. The Kier molecular flexibility index (Phi) is 3.85. The summed E-state index contributed by atoms with van der Waals surface area (Å²) in [5.74, 6) is -2.26. The van der Waals surface area contributed by atoms with E-state index in [0.717, 1.165) is 28.8 Å². The zero-order chi connectivity index (χ0) is 15.7. The van der Waals surface area contributed by atoms with Crippen molar-refractivity contribution in [2.24, 2.45) is 0 Å². The van der Waals surface area contributed by atoms with Gasteiger partial charge in [0.1, 0.15) is 11.6 Å². The number of hydrogen-bond donors (Lipinski definition) is 1. The van der Waals surface area contributed by atoms with Crippen molar-refractivity contribution in [2.75, 3.05) is 5.32 Å².